The molecule has 0 aromatic rings. The van der Waals surface area contributed by atoms with Crippen molar-refractivity contribution in [3.05, 3.63) is 0 Å². The Balaban J connectivity index is 2.00. The van der Waals surface area contributed by atoms with Gasteiger partial charge in [0, 0.05) is 25.6 Å². The number of urea groups is 1. The highest BCUT2D eigenvalue weighted by Gasteiger charge is 2.15. The molecule has 1 heterocycles. The molecule has 0 spiro atoms. The summed E-state index contributed by atoms with van der Waals surface area (Å²) in [5, 5.41) is 5.34. The Morgan fingerprint density at radius 2 is 2.38 bits per heavy atom. The molecule has 0 radical (unpaired) electrons. The Morgan fingerprint density at radius 3 is 3.00 bits per heavy atom. The topological polar surface area (TPSA) is 50.4 Å². The molecule has 2 amide bonds. The van der Waals surface area contributed by atoms with E-state index in [4.69, 9.17) is 16.3 Å². The van der Waals surface area contributed by atoms with Crippen LogP contribution in [0.1, 0.15) is 12.8 Å². The summed E-state index contributed by atoms with van der Waals surface area (Å²) in [6.07, 6.45) is 2.33. The first-order valence-corrected chi connectivity index (χ1v) is 5.05. The van der Waals surface area contributed by atoms with E-state index < -0.39 is 0 Å². The van der Waals surface area contributed by atoms with Crippen molar-refractivity contribution in [2.75, 3.05) is 25.6 Å². The van der Waals surface area contributed by atoms with Crippen LogP contribution in [0.2, 0.25) is 0 Å². The van der Waals surface area contributed by atoms with Crippen LogP contribution in [0.3, 0.4) is 0 Å². The van der Waals surface area contributed by atoms with E-state index in [-0.39, 0.29) is 12.1 Å². The molecule has 4 nitrogen and oxygen atoms in total. The third kappa shape index (κ3) is 4.33. The fourth-order valence-electron chi connectivity index (χ4n) is 1.24. The molecular weight excluding hydrogens is 192 g/mol. The van der Waals surface area contributed by atoms with Crippen LogP contribution in [0, 0.1) is 0 Å². The first-order chi connectivity index (χ1) is 6.33. The third-order valence-electron chi connectivity index (χ3n) is 1.89. The number of ether oxygens (including phenoxy) is 1. The van der Waals surface area contributed by atoms with Crippen LogP contribution in [0.15, 0.2) is 0 Å². The molecule has 0 saturated carbocycles. The lowest BCUT2D eigenvalue weighted by Gasteiger charge is -2.10. The zero-order valence-electron chi connectivity index (χ0n) is 7.51. The van der Waals surface area contributed by atoms with E-state index in [1.165, 1.54) is 0 Å². The van der Waals surface area contributed by atoms with Gasteiger partial charge < -0.3 is 15.4 Å². The second-order valence-electron chi connectivity index (χ2n) is 2.96. The van der Waals surface area contributed by atoms with Crippen molar-refractivity contribution in [3.8, 4) is 0 Å². The Kier molecular flexibility index (Phi) is 4.93. The van der Waals surface area contributed by atoms with Crippen LogP contribution < -0.4 is 10.6 Å². The fourth-order valence-corrected chi connectivity index (χ4v) is 1.33. The van der Waals surface area contributed by atoms with Crippen LogP contribution in [0.5, 0.6) is 0 Å². The molecule has 0 aromatic carbocycles. The average Bonchev–Trinajstić information content (AvgIpc) is 2.64. The second kappa shape index (κ2) is 6.05. The molecule has 1 rings (SSSR count). The van der Waals surface area contributed by atoms with Gasteiger partial charge >= 0.3 is 6.03 Å². The summed E-state index contributed by atoms with van der Waals surface area (Å²) >= 11 is 5.41. The summed E-state index contributed by atoms with van der Waals surface area (Å²) in [6.45, 7) is 1.91. The Bertz CT molecular complexity index is 160. The fraction of sp³-hybridized carbons (Fsp3) is 0.875. The predicted octanol–water partition coefficient (Wildman–Crippen LogP) is 0.703. The Hall–Kier alpha value is -0.480. The van der Waals surface area contributed by atoms with E-state index >= 15 is 0 Å². The molecule has 0 unspecified atom stereocenters. The number of hydrogen-bond acceptors (Lipinski definition) is 2. The van der Waals surface area contributed by atoms with Gasteiger partial charge in [-0.05, 0) is 12.8 Å². The van der Waals surface area contributed by atoms with Crippen molar-refractivity contribution in [1.82, 2.24) is 10.6 Å². The molecule has 1 atom stereocenters. The third-order valence-corrected chi connectivity index (χ3v) is 2.08. The summed E-state index contributed by atoms with van der Waals surface area (Å²) in [6, 6.07) is -0.170. The quantitative estimate of drug-likeness (QED) is 0.666. The zero-order chi connectivity index (χ0) is 9.52. The van der Waals surface area contributed by atoms with Crippen LogP contribution >= 0.6 is 11.6 Å². The number of rotatable bonds is 4. The van der Waals surface area contributed by atoms with E-state index in [1.807, 2.05) is 0 Å². The molecule has 0 aromatic heterocycles. The number of hydrogen-bond donors (Lipinski definition) is 2. The van der Waals surface area contributed by atoms with Crippen molar-refractivity contribution in [1.29, 1.82) is 0 Å². The summed E-state index contributed by atoms with van der Waals surface area (Å²) < 4.78 is 5.34. The van der Waals surface area contributed by atoms with Crippen LogP contribution in [0.25, 0.3) is 0 Å². The average molecular weight is 207 g/mol. The molecule has 1 aliphatic heterocycles. The molecule has 1 fully saturated rings. The van der Waals surface area contributed by atoms with Crippen molar-refractivity contribution in [2.24, 2.45) is 0 Å². The van der Waals surface area contributed by atoms with Crippen molar-refractivity contribution < 1.29 is 9.53 Å². The number of carbonyl (C=O) groups is 1. The SMILES string of the molecule is O=C(NCCCl)NC[C@H]1CCCO1. The summed E-state index contributed by atoms with van der Waals surface area (Å²) in [7, 11) is 0. The molecular formula is C8H15ClN2O2. The molecule has 1 aliphatic rings. The largest absolute Gasteiger partial charge is 0.376 e. The molecule has 0 bridgehead atoms. The smallest absolute Gasteiger partial charge is 0.314 e. The van der Waals surface area contributed by atoms with Crippen molar-refractivity contribution in [3.63, 3.8) is 0 Å². The molecule has 1 saturated heterocycles. The van der Waals surface area contributed by atoms with E-state index in [2.05, 4.69) is 10.6 Å². The summed E-state index contributed by atoms with van der Waals surface area (Å²) in [5.41, 5.74) is 0. The van der Waals surface area contributed by atoms with Gasteiger partial charge in [-0.3, -0.25) is 0 Å². The van der Waals surface area contributed by atoms with Gasteiger partial charge in [-0.15, -0.1) is 11.6 Å². The second-order valence-corrected chi connectivity index (χ2v) is 3.34. The molecule has 2 N–H and O–H groups in total. The summed E-state index contributed by atoms with van der Waals surface area (Å²) in [5.74, 6) is 0.438. The predicted molar refractivity (Wildman–Crippen MR) is 51.1 cm³/mol. The Labute approximate surface area is 83.0 Å². The lowest BCUT2D eigenvalue weighted by molar-refractivity contribution is 0.111. The highest BCUT2D eigenvalue weighted by molar-refractivity contribution is 6.18. The van der Waals surface area contributed by atoms with Gasteiger partial charge in [-0.25, -0.2) is 4.79 Å². The monoisotopic (exact) mass is 206 g/mol. The van der Waals surface area contributed by atoms with E-state index in [0.29, 0.717) is 19.0 Å². The van der Waals surface area contributed by atoms with Gasteiger partial charge in [0.05, 0.1) is 6.10 Å². The van der Waals surface area contributed by atoms with E-state index in [0.717, 1.165) is 19.4 Å². The van der Waals surface area contributed by atoms with Crippen LogP contribution in [0.4, 0.5) is 4.79 Å². The molecule has 13 heavy (non-hydrogen) atoms. The number of halogens is 1. The number of alkyl halides is 1. The standard InChI is InChI=1S/C8H15ClN2O2/c9-3-4-10-8(12)11-6-7-2-1-5-13-7/h7H,1-6H2,(H2,10,11,12)/t7-/m1/s1. The lowest BCUT2D eigenvalue weighted by Crippen LogP contribution is -2.40. The maximum atomic E-state index is 11.0. The minimum absolute atomic E-state index is 0.170. The van der Waals surface area contributed by atoms with Gasteiger partial charge in [0.1, 0.15) is 0 Å². The molecule has 0 aliphatic carbocycles. The maximum absolute atomic E-state index is 11.0. The number of nitrogens with one attached hydrogen (secondary N) is 2. The van der Waals surface area contributed by atoms with Gasteiger partial charge in [-0.1, -0.05) is 0 Å². The van der Waals surface area contributed by atoms with Gasteiger partial charge in [0.15, 0.2) is 0 Å². The van der Waals surface area contributed by atoms with Crippen LogP contribution in [-0.2, 0) is 4.74 Å². The van der Waals surface area contributed by atoms with Crippen molar-refractivity contribution in [2.45, 2.75) is 18.9 Å². The normalized spacial score (nSPS) is 21.5. The highest BCUT2D eigenvalue weighted by atomic mass is 35.5. The van der Waals surface area contributed by atoms with Gasteiger partial charge in [0.2, 0.25) is 0 Å². The van der Waals surface area contributed by atoms with Gasteiger partial charge in [0.25, 0.3) is 0 Å². The van der Waals surface area contributed by atoms with E-state index in [9.17, 15) is 4.79 Å². The zero-order valence-corrected chi connectivity index (χ0v) is 8.27. The molecule has 5 heteroatoms. The Morgan fingerprint density at radius 1 is 1.54 bits per heavy atom. The lowest BCUT2D eigenvalue weighted by atomic mass is 10.2. The summed E-state index contributed by atoms with van der Waals surface area (Å²) in [4.78, 5) is 11.0. The van der Waals surface area contributed by atoms with Crippen molar-refractivity contribution >= 4 is 17.6 Å². The number of carbonyl (C=O) groups excluding carboxylic acids is 1. The molecule has 76 valence electrons. The minimum Gasteiger partial charge on any atom is -0.376 e. The highest BCUT2D eigenvalue weighted by Crippen LogP contribution is 2.10. The van der Waals surface area contributed by atoms with Crippen LogP contribution in [-0.4, -0.2) is 37.7 Å². The van der Waals surface area contributed by atoms with E-state index in [1.54, 1.807) is 0 Å². The number of amides is 2. The minimum atomic E-state index is -0.170. The maximum Gasteiger partial charge on any atom is 0.314 e. The van der Waals surface area contributed by atoms with Gasteiger partial charge in [-0.2, -0.15) is 0 Å². The first-order valence-electron chi connectivity index (χ1n) is 4.52. The first kappa shape index (κ1) is 10.6.